The Labute approximate surface area is 109 Å². The maximum absolute atomic E-state index is 7.56. The molecule has 0 aliphatic heterocycles. The molecule has 9 N–H and O–H groups in total. The average Bonchev–Trinajstić information content (AvgIpc) is 1.41. The zero-order valence-electron chi connectivity index (χ0n) is 7.30. The van der Waals surface area contributed by atoms with Gasteiger partial charge in [-0.3, -0.25) is 0 Å². The van der Waals surface area contributed by atoms with Crippen molar-refractivity contribution in [2.75, 3.05) is 0 Å². The molecule has 0 fully saturated rings. The molecule has 0 spiro atoms. The first kappa shape index (κ1) is 26.6. The molecule has 0 heterocycles. The lowest BCUT2D eigenvalue weighted by Gasteiger charge is -1.88. The summed E-state index contributed by atoms with van der Waals surface area (Å²) in [5, 5.41) is 0. The van der Waals surface area contributed by atoms with Crippen molar-refractivity contribution in [2.24, 2.45) is 0 Å². The van der Waals surface area contributed by atoms with Crippen molar-refractivity contribution in [1.82, 2.24) is 0 Å². The lowest BCUT2D eigenvalue weighted by molar-refractivity contribution is 0.361. The summed E-state index contributed by atoms with van der Waals surface area (Å²) in [6.07, 6.45) is 0. The van der Waals surface area contributed by atoms with Crippen LogP contribution in [0.1, 0.15) is 0 Å². The van der Waals surface area contributed by atoms with E-state index in [2.05, 4.69) is 35.4 Å². The fourth-order valence-electron chi connectivity index (χ4n) is 0. The molecular formula is H12O9P4S3. The summed E-state index contributed by atoms with van der Waals surface area (Å²) < 4.78 is 0. The average molecular weight is 376 g/mol. The van der Waals surface area contributed by atoms with Gasteiger partial charge in [-0.2, -0.15) is 9.90 Å². The standard InChI is InChI=1S/3H3O3PS.H3P/c3*1-4(2,3)5;/h3*(H3,1,2,3,5);1H3. The Morgan fingerprint density at radius 3 is 0.438 bits per heavy atom. The van der Waals surface area contributed by atoms with Crippen LogP contribution >= 0.6 is 30.1 Å². The molecule has 1 unspecified atom stereocenters. The summed E-state index contributed by atoms with van der Waals surface area (Å²) in [7, 11) is 0. The van der Waals surface area contributed by atoms with Gasteiger partial charge < -0.3 is 44.0 Å². The summed E-state index contributed by atoms with van der Waals surface area (Å²) in [5.74, 6) is 0. The number of hydrogen-bond acceptors (Lipinski definition) is 3. The van der Waals surface area contributed by atoms with Gasteiger partial charge in [0.2, 0.25) is 0 Å². The van der Waals surface area contributed by atoms with E-state index in [1.165, 1.54) is 0 Å². The molecule has 0 rings (SSSR count). The molecule has 0 aromatic heterocycles. The van der Waals surface area contributed by atoms with Crippen LogP contribution in [0, 0.1) is 0 Å². The van der Waals surface area contributed by atoms with E-state index < -0.39 is 20.2 Å². The molecule has 0 saturated heterocycles. The van der Waals surface area contributed by atoms with Crippen LogP contribution in [0.2, 0.25) is 0 Å². The maximum atomic E-state index is 7.56. The second-order valence-corrected chi connectivity index (χ2v) is 9.03. The van der Waals surface area contributed by atoms with Crippen LogP contribution in [0.4, 0.5) is 0 Å². The van der Waals surface area contributed by atoms with Crippen molar-refractivity contribution in [1.29, 1.82) is 0 Å². The van der Waals surface area contributed by atoms with Crippen LogP contribution in [0.25, 0.3) is 0 Å². The van der Waals surface area contributed by atoms with Crippen LogP contribution in [-0.2, 0) is 35.4 Å². The van der Waals surface area contributed by atoms with Gasteiger partial charge in [0.1, 0.15) is 0 Å². The zero-order chi connectivity index (χ0) is 13.5. The molecular weight excluding hydrogens is 364 g/mol. The van der Waals surface area contributed by atoms with Crippen molar-refractivity contribution in [3.8, 4) is 0 Å². The Bertz CT molecular complexity index is 209. The molecule has 1 atom stereocenters. The van der Waals surface area contributed by atoms with Gasteiger partial charge in [-0.15, -0.1) is 0 Å². The largest absolute Gasteiger partial charge is 0.325 e. The first-order valence-corrected chi connectivity index (χ1v) is 10.3. The van der Waals surface area contributed by atoms with E-state index in [-0.39, 0.29) is 9.90 Å². The second-order valence-electron chi connectivity index (χ2n) is 1.54. The summed E-state index contributed by atoms with van der Waals surface area (Å²) >= 11 is 10.8. The van der Waals surface area contributed by atoms with E-state index in [1.807, 2.05) is 0 Å². The Morgan fingerprint density at radius 2 is 0.438 bits per heavy atom. The lowest BCUT2D eigenvalue weighted by atomic mass is 15.8. The van der Waals surface area contributed by atoms with E-state index in [4.69, 9.17) is 44.0 Å². The Kier molecular flexibility index (Phi) is 18.1. The second kappa shape index (κ2) is 10.9. The van der Waals surface area contributed by atoms with Gasteiger partial charge in [0.15, 0.2) is 0 Å². The summed E-state index contributed by atoms with van der Waals surface area (Å²) in [6.45, 7) is -11.4. The summed E-state index contributed by atoms with van der Waals surface area (Å²) in [5.41, 5.74) is 0. The highest BCUT2D eigenvalue weighted by atomic mass is 32.5. The molecule has 0 aliphatic carbocycles. The van der Waals surface area contributed by atoms with E-state index in [0.717, 1.165) is 0 Å². The minimum absolute atomic E-state index is 0. The third-order valence-electron chi connectivity index (χ3n) is 0. The first-order valence-electron chi connectivity index (χ1n) is 2.35. The van der Waals surface area contributed by atoms with Gasteiger partial charge in [0, 0.05) is 0 Å². The summed E-state index contributed by atoms with van der Waals surface area (Å²) in [6, 6.07) is 0. The van der Waals surface area contributed by atoms with Gasteiger partial charge in [0.25, 0.3) is 0 Å². The van der Waals surface area contributed by atoms with E-state index >= 15 is 0 Å². The molecule has 9 nitrogen and oxygen atoms in total. The van der Waals surface area contributed by atoms with Crippen LogP contribution in [0.15, 0.2) is 0 Å². The molecule has 0 saturated carbocycles. The Balaban J connectivity index is -0.0000000655. The third-order valence-corrected chi connectivity index (χ3v) is 0. The fraction of sp³-hybridized carbons (Fsp3) is 0. The molecule has 0 aromatic carbocycles. The van der Waals surface area contributed by atoms with Gasteiger partial charge in [-0.1, -0.05) is 0 Å². The van der Waals surface area contributed by atoms with Crippen LogP contribution in [0.3, 0.4) is 0 Å². The molecule has 0 amide bonds. The van der Waals surface area contributed by atoms with Crippen molar-refractivity contribution < 1.29 is 44.0 Å². The lowest BCUT2D eigenvalue weighted by Crippen LogP contribution is -1.65. The van der Waals surface area contributed by atoms with E-state index in [1.54, 1.807) is 0 Å². The first-order chi connectivity index (χ1) is 6.00. The van der Waals surface area contributed by atoms with E-state index in [9.17, 15) is 0 Å². The van der Waals surface area contributed by atoms with Crippen LogP contribution in [-0.4, -0.2) is 44.0 Å². The number of rotatable bonds is 0. The molecule has 0 aromatic rings. The highest BCUT2D eigenvalue weighted by Gasteiger charge is 1.93. The molecule has 104 valence electrons. The Morgan fingerprint density at radius 1 is 0.438 bits per heavy atom. The summed E-state index contributed by atoms with van der Waals surface area (Å²) in [4.78, 5) is 68.0. The van der Waals surface area contributed by atoms with Gasteiger partial charge in [0.05, 0.1) is 0 Å². The minimum Gasteiger partial charge on any atom is -0.325 e. The quantitative estimate of drug-likeness (QED) is 0.205. The smallest absolute Gasteiger partial charge is 0.319 e. The molecule has 16 heavy (non-hydrogen) atoms. The van der Waals surface area contributed by atoms with Crippen molar-refractivity contribution in [3.63, 3.8) is 0 Å². The van der Waals surface area contributed by atoms with Crippen LogP contribution in [0.5, 0.6) is 0 Å². The Hall–Kier alpha value is 2.02. The van der Waals surface area contributed by atoms with E-state index in [0.29, 0.717) is 0 Å². The zero-order valence-corrected chi connectivity index (χ0v) is 13.8. The van der Waals surface area contributed by atoms with Crippen LogP contribution < -0.4 is 0 Å². The number of hydrogen-bond donors (Lipinski definition) is 9. The van der Waals surface area contributed by atoms with Crippen molar-refractivity contribution in [3.05, 3.63) is 0 Å². The minimum atomic E-state index is -3.81. The topological polar surface area (TPSA) is 182 Å². The molecule has 0 bridgehead atoms. The van der Waals surface area contributed by atoms with Gasteiger partial charge in [-0.05, 0) is 35.4 Å². The fourth-order valence-corrected chi connectivity index (χ4v) is 0. The maximum Gasteiger partial charge on any atom is 0.319 e. The molecule has 0 radical (unpaired) electrons. The third kappa shape index (κ3) is 886. The SMILES string of the molecule is OP(O)(O)=S.OP(O)(O)=S.OP(O)(O)=S.P. The molecule has 16 heteroatoms. The monoisotopic (exact) mass is 376 g/mol. The highest BCUT2D eigenvalue weighted by molar-refractivity contribution is 8.06. The van der Waals surface area contributed by atoms with Gasteiger partial charge in [-0.25, -0.2) is 0 Å². The predicted molar refractivity (Wildman–Crippen MR) is 73.9 cm³/mol. The van der Waals surface area contributed by atoms with Crippen molar-refractivity contribution in [2.45, 2.75) is 0 Å². The van der Waals surface area contributed by atoms with Gasteiger partial charge >= 0.3 is 20.2 Å². The van der Waals surface area contributed by atoms with Crippen molar-refractivity contribution >= 4 is 65.5 Å². The predicted octanol–water partition coefficient (Wildman–Crippen LogP) is -2.38. The normalized spacial score (nSPS) is 11.1. The molecule has 0 aliphatic rings. The highest BCUT2D eigenvalue weighted by Crippen LogP contribution is 2.27.